The quantitative estimate of drug-likeness (QED) is 0.173. The van der Waals surface area contributed by atoms with Crippen LogP contribution in [-0.4, -0.2) is 0 Å². The number of benzene rings is 10. The number of furan rings is 1. The molecule has 1 aromatic heterocycles. The summed E-state index contributed by atoms with van der Waals surface area (Å²) in [5.74, 6) is 0. The van der Waals surface area contributed by atoms with Gasteiger partial charge < -0.3 is 9.32 Å². The minimum absolute atomic E-state index is 0.453. The SMILES string of the molecule is c1ccc(-c2c(N(c3ccc(-c4ccc5c(c4)oc4ccccc45)cc3)c3ccc4c(c3)C3(c5ccccc5-c5ccccc53)c3ccccc3-4)ccc3ccccc23)cc1. The lowest BCUT2D eigenvalue weighted by Crippen LogP contribution is -2.26. The molecule has 10 aromatic carbocycles. The van der Waals surface area contributed by atoms with Gasteiger partial charge >= 0.3 is 0 Å². The van der Waals surface area contributed by atoms with Crippen molar-refractivity contribution in [3.05, 3.63) is 247 Å². The maximum absolute atomic E-state index is 6.32. The van der Waals surface area contributed by atoms with Crippen molar-refractivity contribution in [1.29, 1.82) is 0 Å². The van der Waals surface area contributed by atoms with Gasteiger partial charge in [0.25, 0.3) is 0 Å². The molecule has 61 heavy (non-hydrogen) atoms. The van der Waals surface area contributed by atoms with E-state index in [1.54, 1.807) is 0 Å². The van der Waals surface area contributed by atoms with Crippen LogP contribution in [0.5, 0.6) is 0 Å². The summed E-state index contributed by atoms with van der Waals surface area (Å²) in [6, 6.07) is 82.4. The van der Waals surface area contributed by atoms with Crippen LogP contribution in [0.2, 0.25) is 0 Å². The third kappa shape index (κ3) is 4.85. The van der Waals surface area contributed by atoms with Crippen molar-refractivity contribution in [2.75, 3.05) is 4.90 Å². The van der Waals surface area contributed by atoms with Crippen molar-refractivity contribution in [3.8, 4) is 44.5 Å². The molecule has 2 nitrogen and oxygen atoms in total. The van der Waals surface area contributed by atoms with Gasteiger partial charge in [0.15, 0.2) is 0 Å². The summed E-state index contributed by atoms with van der Waals surface area (Å²) in [5, 5.41) is 4.71. The van der Waals surface area contributed by atoms with E-state index in [1.807, 2.05) is 12.1 Å². The van der Waals surface area contributed by atoms with Gasteiger partial charge in [0, 0.05) is 27.7 Å². The van der Waals surface area contributed by atoms with E-state index in [4.69, 9.17) is 4.42 Å². The van der Waals surface area contributed by atoms with Crippen molar-refractivity contribution < 1.29 is 4.42 Å². The first-order chi connectivity index (χ1) is 30.3. The van der Waals surface area contributed by atoms with Crippen molar-refractivity contribution in [2.45, 2.75) is 5.41 Å². The second kappa shape index (κ2) is 13.0. The van der Waals surface area contributed by atoms with Gasteiger partial charge in [0.2, 0.25) is 0 Å². The zero-order valence-electron chi connectivity index (χ0n) is 33.2. The molecule has 0 radical (unpaired) electrons. The zero-order chi connectivity index (χ0) is 40.1. The number of para-hydroxylation sites is 1. The lowest BCUT2D eigenvalue weighted by molar-refractivity contribution is 0.669. The maximum atomic E-state index is 6.32. The summed E-state index contributed by atoms with van der Waals surface area (Å²) in [6.07, 6.45) is 0. The van der Waals surface area contributed by atoms with Crippen LogP contribution in [0.15, 0.2) is 229 Å². The van der Waals surface area contributed by atoms with Crippen LogP contribution in [0.4, 0.5) is 17.1 Å². The van der Waals surface area contributed by atoms with Crippen LogP contribution in [0.3, 0.4) is 0 Å². The highest BCUT2D eigenvalue weighted by molar-refractivity contribution is 6.07. The normalized spacial score (nSPS) is 13.0. The Balaban J connectivity index is 1.05. The molecule has 0 bridgehead atoms. The van der Waals surface area contributed by atoms with Crippen molar-refractivity contribution in [1.82, 2.24) is 0 Å². The number of nitrogens with zero attached hydrogens (tertiary/aromatic N) is 1. The van der Waals surface area contributed by atoms with Crippen molar-refractivity contribution >= 4 is 49.8 Å². The Morgan fingerprint density at radius 2 is 0.885 bits per heavy atom. The van der Waals surface area contributed by atoms with E-state index in [0.717, 1.165) is 50.1 Å². The Hall–Kier alpha value is -7.94. The Morgan fingerprint density at radius 3 is 1.61 bits per heavy atom. The van der Waals surface area contributed by atoms with Crippen LogP contribution in [-0.2, 0) is 5.41 Å². The average Bonchev–Trinajstić information content (AvgIpc) is 3.96. The van der Waals surface area contributed by atoms with Gasteiger partial charge in [-0.3, -0.25) is 0 Å². The highest BCUT2D eigenvalue weighted by atomic mass is 16.3. The van der Waals surface area contributed by atoms with E-state index in [9.17, 15) is 0 Å². The summed E-state index contributed by atoms with van der Waals surface area (Å²) in [5.41, 5.74) is 19.8. The van der Waals surface area contributed by atoms with E-state index in [-0.39, 0.29) is 0 Å². The largest absolute Gasteiger partial charge is 0.456 e. The first-order valence-corrected chi connectivity index (χ1v) is 21.1. The van der Waals surface area contributed by atoms with Gasteiger partial charge in [-0.15, -0.1) is 0 Å². The number of rotatable bonds is 5. The van der Waals surface area contributed by atoms with Gasteiger partial charge in [0.05, 0.1) is 11.1 Å². The smallest absolute Gasteiger partial charge is 0.136 e. The van der Waals surface area contributed by atoms with Gasteiger partial charge in [0.1, 0.15) is 11.2 Å². The minimum Gasteiger partial charge on any atom is -0.456 e. The summed E-state index contributed by atoms with van der Waals surface area (Å²) >= 11 is 0. The van der Waals surface area contributed by atoms with Gasteiger partial charge in [-0.1, -0.05) is 176 Å². The molecule has 1 heterocycles. The predicted molar refractivity (Wildman–Crippen MR) is 253 cm³/mol. The fourth-order valence-electron chi connectivity index (χ4n) is 10.7. The summed E-state index contributed by atoms with van der Waals surface area (Å²) in [6.45, 7) is 0. The number of fused-ring (bicyclic) bond motifs is 14. The van der Waals surface area contributed by atoms with Crippen LogP contribution < -0.4 is 4.90 Å². The zero-order valence-corrected chi connectivity index (χ0v) is 33.2. The third-order valence-electron chi connectivity index (χ3n) is 13.3. The highest BCUT2D eigenvalue weighted by Gasteiger charge is 2.51. The number of hydrogen-bond donors (Lipinski definition) is 0. The van der Waals surface area contributed by atoms with Crippen LogP contribution in [0.25, 0.3) is 77.2 Å². The highest BCUT2D eigenvalue weighted by Crippen LogP contribution is 2.63. The van der Waals surface area contributed by atoms with Crippen LogP contribution >= 0.6 is 0 Å². The fourth-order valence-corrected chi connectivity index (χ4v) is 10.7. The number of hydrogen-bond acceptors (Lipinski definition) is 2. The molecule has 1 spiro atoms. The molecule has 0 fully saturated rings. The van der Waals surface area contributed by atoms with Gasteiger partial charge in [-0.25, -0.2) is 0 Å². The molecule has 0 N–H and O–H groups in total. The molecule has 0 unspecified atom stereocenters. The van der Waals surface area contributed by atoms with E-state index >= 15 is 0 Å². The molecular formula is C59H37NO. The first-order valence-electron chi connectivity index (χ1n) is 21.1. The van der Waals surface area contributed by atoms with Crippen LogP contribution in [0.1, 0.15) is 22.3 Å². The van der Waals surface area contributed by atoms with Crippen LogP contribution in [0, 0.1) is 0 Å². The molecule has 2 heteroatoms. The first kappa shape index (κ1) is 34.0. The van der Waals surface area contributed by atoms with E-state index < -0.39 is 5.41 Å². The summed E-state index contributed by atoms with van der Waals surface area (Å²) in [4.78, 5) is 2.48. The molecule has 0 saturated carbocycles. The molecule has 0 saturated heterocycles. The summed E-state index contributed by atoms with van der Waals surface area (Å²) in [7, 11) is 0. The second-order valence-corrected chi connectivity index (χ2v) is 16.4. The van der Waals surface area contributed by atoms with Gasteiger partial charge in [-0.2, -0.15) is 0 Å². The maximum Gasteiger partial charge on any atom is 0.136 e. The van der Waals surface area contributed by atoms with Gasteiger partial charge in [-0.05, 0) is 121 Å². The molecule has 0 aliphatic heterocycles. The average molecular weight is 776 g/mol. The summed E-state index contributed by atoms with van der Waals surface area (Å²) < 4.78 is 6.32. The third-order valence-corrected chi connectivity index (χ3v) is 13.3. The molecule has 2 aliphatic rings. The molecule has 0 atom stereocenters. The standard InChI is InChI=1S/C59H37NO/c1-2-15-40(16-3-1)58-44-17-5-4-14-39(44)29-35-55(58)60(42-30-26-38(27-31-42)41-28-33-50-49-21-9-13-25-56(49)61-57(50)36-41)43-32-34-48-47-20-8-12-24-53(47)59(54(48)37-43)51-22-10-6-18-45(51)46-19-7-11-23-52(46)59/h1-37H. The Morgan fingerprint density at radius 1 is 0.328 bits per heavy atom. The van der Waals surface area contributed by atoms with E-state index in [2.05, 4.69) is 217 Å². The Kier molecular flexibility index (Phi) is 7.26. The van der Waals surface area contributed by atoms with Crippen molar-refractivity contribution in [2.24, 2.45) is 0 Å². The Bertz CT molecular complexity index is 3480. The molecule has 13 rings (SSSR count). The lowest BCUT2D eigenvalue weighted by atomic mass is 9.70. The molecule has 284 valence electrons. The second-order valence-electron chi connectivity index (χ2n) is 16.4. The molecule has 11 aromatic rings. The molecule has 2 aliphatic carbocycles. The molecule has 0 amide bonds. The fraction of sp³-hybridized carbons (Fsp3) is 0.0169. The monoisotopic (exact) mass is 775 g/mol. The molecular weight excluding hydrogens is 739 g/mol. The minimum atomic E-state index is -0.453. The van der Waals surface area contributed by atoms with E-state index in [1.165, 1.54) is 66.4 Å². The van der Waals surface area contributed by atoms with E-state index in [0.29, 0.717) is 0 Å². The Labute approximate surface area is 354 Å². The topological polar surface area (TPSA) is 16.4 Å². The lowest BCUT2D eigenvalue weighted by Gasteiger charge is -2.33. The predicted octanol–water partition coefficient (Wildman–Crippen LogP) is 15.9. The van der Waals surface area contributed by atoms with Crippen molar-refractivity contribution in [3.63, 3.8) is 0 Å². The number of anilines is 3.